The van der Waals surface area contributed by atoms with Crippen molar-refractivity contribution in [1.29, 1.82) is 0 Å². The first-order valence-corrected chi connectivity index (χ1v) is 13.1. The Labute approximate surface area is 208 Å². The molecular formula is C25H27N3O7S. The average Bonchev–Trinajstić information content (AvgIpc) is 2.86. The van der Waals surface area contributed by atoms with E-state index in [0.29, 0.717) is 5.75 Å². The minimum atomic E-state index is -3.85. The predicted molar refractivity (Wildman–Crippen MR) is 130 cm³/mol. The standard InChI is InChI=1S/C25H27N3O7S/c1-16-12-17(21-4-2-3-5-23(21)26-16)14-35-19-6-8-20(9-7-19)36(33,34)15-18-13-28(25(30)31)11-10-22(18)24(29)27-32/h2-9,12,18,22,32H,10-11,13-15H2,1H3,(H,27,29)(H,30,31)/t18-,22-/m0/s1. The van der Waals surface area contributed by atoms with Gasteiger partial charge in [0.25, 0.3) is 0 Å². The van der Waals surface area contributed by atoms with Gasteiger partial charge in [0, 0.05) is 41.6 Å². The van der Waals surface area contributed by atoms with E-state index in [2.05, 4.69) is 4.98 Å². The number of piperidine rings is 1. The molecule has 36 heavy (non-hydrogen) atoms. The van der Waals surface area contributed by atoms with Crippen molar-refractivity contribution in [3.8, 4) is 5.75 Å². The molecule has 1 aliphatic heterocycles. The van der Waals surface area contributed by atoms with Crippen molar-refractivity contribution in [1.82, 2.24) is 15.4 Å². The van der Waals surface area contributed by atoms with Crippen LogP contribution in [0.5, 0.6) is 5.75 Å². The van der Waals surface area contributed by atoms with Gasteiger partial charge in [-0.05, 0) is 49.7 Å². The van der Waals surface area contributed by atoms with Crippen LogP contribution in [0.2, 0.25) is 0 Å². The van der Waals surface area contributed by atoms with Crippen LogP contribution in [0.25, 0.3) is 10.9 Å². The number of benzene rings is 2. The largest absolute Gasteiger partial charge is 0.489 e. The molecule has 0 radical (unpaired) electrons. The van der Waals surface area contributed by atoms with E-state index >= 15 is 0 Å². The van der Waals surface area contributed by atoms with Crippen LogP contribution in [0, 0.1) is 18.8 Å². The highest BCUT2D eigenvalue weighted by molar-refractivity contribution is 7.91. The number of aryl methyl sites for hydroxylation is 1. The molecule has 0 spiro atoms. The summed E-state index contributed by atoms with van der Waals surface area (Å²) < 4.78 is 32.1. The van der Waals surface area contributed by atoms with E-state index in [1.165, 1.54) is 12.1 Å². The van der Waals surface area contributed by atoms with Crippen molar-refractivity contribution in [2.75, 3.05) is 18.8 Å². The molecule has 0 bridgehead atoms. The number of amides is 2. The molecule has 2 heterocycles. The molecule has 0 aliphatic carbocycles. The second-order valence-electron chi connectivity index (χ2n) is 8.84. The molecule has 11 heteroatoms. The third-order valence-electron chi connectivity index (χ3n) is 6.39. The molecule has 4 rings (SSSR count). The summed E-state index contributed by atoms with van der Waals surface area (Å²) in [4.78, 5) is 29.1. The maximum Gasteiger partial charge on any atom is 0.407 e. The fourth-order valence-corrected chi connectivity index (χ4v) is 6.24. The van der Waals surface area contributed by atoms with E-state index in [-0.39, 0.29) is 31.0 Å². The Balaban J connectivity index is 1.47. The molecule has 1 fully saturated rings. The van der Waals surface area contributed by atoms with Crippen molar-refractivity contribution < 1.29 is 33.1 Å². The Morgan fingerprint density at radius 1 is 1.17 bits per heavy atom. The summed E-state index contributed by atoms with van der Waals surface area (Å²) in [7, 11) is -3.85. The van der Waals surface area contributed by atoms with Gasteiger partial charge in [-0.2, -0.15) is 0 Å². The van der Waals surface area contributed by atoms with Crippen molar-refractivity contribution in [3.63, 3.8) is 0 Å². The maximum atomic E-state index is 13.1. The Kier molecular flexibility index (Phi) is 7.41. The van der Waals surface area contributed by atoms with Crippen LogP contribution in [0.15, 0.2) is 59.5 Å². The zero-order chi connectivity index (χ0) is 25.9. The summed E-state index contributed by atoms with van der Waals surface area (Å²) in [5.74, 6) is -2.28. The third-order valence-corrected chi connectivity index (χ3v) is 8.25. The number of para-hydroxylation sites is 1. The van der Waals surface area contributed by atoms with Crippen LogP contribution in [-0.2, 0) is 21.2 Å². The number of sulfone groups is 1. The summed E-state index contributed by atoms with van der Waals surface area (Å²) in [6.45, 7) is 2.16. The number of carboxylic acid groups (broad SMARTS) is 1. The smallest absolute Gasteiger partial charge is 0.407 e. The molecule has 1 aliphatic rings. The number of carbonyl (C=O) groups excluding carboxylic acids is 1. The van der Waals surface area contributed by atoms with E-state index in [1.807, 2.05) is 37.3 Å². The van der Waals surface area contributed by atoms with Gasteiger partial charge in [0.15, 0.2) is 9.84 Å². The minimum absolute atomic E-state index is 0.0376. The van der Waals surface area contributed by atoms with E-state index in [4.69, 9.17) is 9.94 Å². The van der Waals surface area contributed by atoms with Crippen LogP contribution in [-0.4, -0.2) is 59.5 Å². The SMILES string of the molecule is Cc1cc(COc2ccc(S(=O)(=O)C[C@@H]3CN(C(=O)O)CC[C@@H]3C(=O)NO)cc2)c2ccccc2n1. The zero-order valence-corrected chi connectivity index (χ0v) is 20.4. The molecule has 1 aromatic heterocycles. The van der Waals surface area contributed by atoms with Crippen molar-refractivity contribution in [2.45, 2.75) is 24.8 Å². The fraction of sp³-hybridized carbons (Fsp3) is 0.320. The van der Waals surface area contributed by atoms with Gasteiger partial charge in [-0.3, -0.25) is 15.0 Å². The van der Waals surface area contributed by atoms with Gasteiger partial charge >= 0.3 is 6.09 Å². The molecule has 2 amide bonds. The second kappa shape index (κ2) is 10.5. The summed E-state index contributed by atoms with van der Waals surface area (Å²) in [5.41, 5.74) is 4.26. The Morgan fingerprint density at radius 2 is 1.89 bits per heavy atom. The molecule has 1 saturated heterocycles. The highest BCUT2D eigenvalue weighted by Crippen LogP contribution is 2.29. The molecule has 3 aromatic rings. The Hall–Kier alpha value is -3.70. The van der Waals surface area contributed by atoms with Crippen LogP contribution in [0.4, 0.5) is 4.79 Å². The first kappa shape index (κ1) is 25.4. The van der Waals surface area contributed by atoms with Gasteiger partial charge in [0.05, 0.1) is 16.2 Å². The van der Waals surface area contributed by atoms with Crippen LogP contribution < -0.4 is 10.2 Å². The number of hydrogen-bond acceptors (Lipinski definition) is 7. The first-order chi connectivity index (χ1) is 17.2. The lowest BCUT2D eigenvalue weighted by Crippen LogP contribution is -2.49. The van der Waals surface area contributed by atoms with Gasteiger partial charge in [0.1, 0.15) is 12.4 Å². The van der Waals surface area contributed by atoms with Gasteiger partial charge in [-0.1, -0.05) is 18.2 Å². The number of carbonyl (C=O) groups is 2. The van der Waals surface area contributed by atoms with E-state index in [0.717, 1.165) is 27.1 Å². The quantitative estimate of drug-likeness (QED) is 0.323. The van der Waals surface area contributed by atoms with E-state index in [1.54, 1.807) is 17.6 Å². The van der Waals surface area contributed by atoms with E-state index in [9.17, 15) is 23.1 Å². The molecule has 0 saturated carbocycles. The number of ether oxygens (including phenoxy) is 1. The highest BCUT2D eigenvalue weighted by Gasteiger charge is 2.38. The molecule has 2 aromatic carbocycles. The summed E-state index contributed by atoms with van der Waals surface area (Å²) in [6.07, 6.45) is -1.06. The summed E-state index contributed by atoms with van der Waals surface area (Å²) >= 11 is 0. The number of likely N-dealkylation sites (tertiary alicyclic amines) is 1. The number of hydroxylamine groups is 1. The first-order valence-electron chi connectivity index (χ1n) is 11.4. The van der Waals surface area contributed by atoms with Crippen molar-refractivity contribution in [2.24, 2.45) is 11.8 Å². The van der Waals surface area contributed by atoms with Gasteiger partial charge in [-0.15, -0.1) is 0 Å². The molecule has 10 nitrogen and oxygen atoms in total. The normalized spacial score (nSPS) is 18.1. The minimum Gasteiger partial charge on any atom is -0.489 e. The van der Waals surface area contributed by atoms with Crippen LogP contribution in [0.3, 0.4) is 0 Å². The lowest BCUT2D eigenvalue weighted by atomic mass is 9.86. The van der Waals surface area contributed by atoms with Crippen LogP contribution >= 0.6 is 0 Å². The van der Waals surface area contributed by atoms with Crippen LogP contribution in [0.1, 0.15) is 17.7 Å². The number of pyridine rings is 1. The lowest BCUT2D eigenvalue weighted by Gasteiger charge is -2.35. The van der Waals surface area contributed by atoms with Gasteiger partial charge in [-0.25, -0.2) is 18.7 Å². The highest BCUT2D eigenvalue weighted by atomic mass is 32.2. The number of rotatable bonds is 7. The second-order valence-corrected chi connectivity index (χ2v) is 10.9. The zero-order valence-electron chi connectivity index (χ0n) is 19.6. The molecule has 190 valence electrons. The summed E-state index contributed by atoms with van der Waals surface area (Å²) in [5, 5.41) is 19.3. The number of nitrogens with zero attached hydrogens (tertiary/aromatic N) is 2. The number of nitrogens with one attached hydrogen (secondary N) is 1. The fourth-order valence-electron chi connectivity index (χ4n) is 4.60. The third kappa shape index (κ3) is 5.58. The molecular weight excluding hydrogens is 486 g/mol. The van der Waals surface area contributed by atoms with E-state index < -0.39 is 39.4 Å². The monoisotopic (exact) mass is 513 g/mol. The number of aromatic nitrogens is 1. The van der Waals surface area contributed by atoms with Gasteiger partial charge in [0.2, 0.25) is 5.91 Å². The van der Waals surface area contributed by atoms with Gasteiger partial charge < -0.3 is 14.7 Å². The van der Waals surface area contributed by atoms with Crippen molar-refractivity contribution in [3.05, 3.63) is 65.9 Å². The predicted octanol–water partition coefficient (Wildman–Crippen LogP) is 3.02. The number of hydrogen-bond donors (Lipinski definition) is 3. The molecule has 3 N–H and O–H groups in total. The Morgan fingerprint density at radius 3 is 2.58 bits per heavy atom. The van der Waals surface area contributed by atoms with Crippen molar-refractivity contribution >= 4 is 32.7 Å². The Bertz CT molecular complexity index is 1380. The topological polar surface area (TPSA) is 146 Å². The molecule has 0 unspecified atom stereocenters. The maximum absolute atomic E-state index is 13.1. The summed E-state index contributed by atoms with van der Waals surface area (Å²) in [6, 6.07) is 15.7. The molecule has 2 atom stereocenters. The number of fused-ring (bicyclic) bond motifs is 1. The lowest BCUT2D eigenvalue weighted by molar-refractivity contribution is -0.136. The average molecular weight is 514 g/mol.